The van der Waals surface area contributed by atoms with Gasteiger partial charge in [-0.1, -0.05) is 61.5 Å². The van der Waals surface area contributed by atoms with E-state index in [0.717, 1.165) is 16.7 Å². The summed E-state index contributed by atoms with van der Waals surface area (Å²) >= 11 is 0. The third-order valence-electron chi connectivity index (χ3n) is 5.80. The van der Waals surface area contributed by atoms with Gasteiger partial charge in [0.05, 0.1) is 17.0 Å². The molecule has 0 aliphatic carbocycles. The molecule has 2 aromatic carbocycles. The average Bonchev–Trinajstić information content (AvgIpc) is 3.15. The Morgan fingerprint density at radius 2 is 1.74 bits per heavy atom. The van der Waals surface area contributed by atoms with E-state index in [0.29, 0.717) is 29.8 Å². The van der Waals surface area contributed by atoms with Gasteiger partial charge in [-0.15, -0.1) is 0 Å². The number of rotatable bonds is 9. The van der Waals surface area contributed by atoms with Crippen molar-refractivity contribution in [2.45, 2.75) is 26.7 Å². The van der Waals surface area contributed by atoms with Crippen LogP contribution in [0.3, 0.4) is 0 Å². The fourth-order valence-corrected chi connectivity index (χ4v) is 4.37. The summed E-state index contributed by atoms with van der Waals surface area (Å²) in [7, 11) is 0. The van der Waals surface area contributed by atoms with Gasteiger partial charge in [0.25, 0.3) is 11.7 Å². The Hall–Kier alpha value is -4.46. The van der Waals surface area contributed by atoms with E-state index < -0.39 is 24.3 Å². The predicted octanol–water partition coefficient (Wildman–Crippen LogP) is 3.59. The Kier molecular flexibility index (Phi) is 6.64. The first-order valence-corrected chi connectivity index (χ1v) is 11.2. The number of ether oxygens (including phenoxy) is 1. The highest BCUT2D eigenvalue weighted by Crippen LogP contribution is 2.34. The second-order valence-electron chi connectivity index (χ2n) is 8.14. The number of carbonyl (C=O) groups is 3. The number of Topliss-reactive ketones (excluding diaryl/α,β-unsaturated/α-hetero) is 1. The summed E-state index contributed by atoms with van der Waals surface area (Å²) in [5.74, 6) is -2.98. The van der Waals surface area contributed by atoms with E-state index in [9.17, 15) is 14.4 Å². The van der Waals surface area contributed by atoms with Gasteiger partial charge in [0.1, 0.15) is 11.3 Å². The van der Waals surface area contributed by atoms with Gasteiger partial charge >= 0.3 is 5.97 Å². The first-order chi connectivity index (χ1) is 16.8. The molecule has 2 aromatic heterocycles. The fraction of sp³-hybridized carbons (Fsp3) is 0.185. The molecule has 2 heterocycles. The summed E-state index contributed by atoms with van der Waals surface area (Å²) in [6, 6.07) is 19.4. The highest BCUT2D eigenvalue weighted by Gasteiger charge is 2.29. The van der Waals surface area contributed by atoms with Gasteiger partial charge in [-0.3, -0.25) is 9.59 Å². The van der Waals surface area contributed by atoms with Crippen LogP contribution in [0, 0.1) is 6.92 Å². The molecule has 0 aliphatic rings. The summed E-state index contributed by atoms with van der Waals surface area (Å²) in [6.45, 7) is 3.02. The zero-order chi connectivity index (χ0) is 25.1. The number of aliphatic carboxylic acids is 1. The minimum atomic E-state index is -1.17. The molecule has 0 aliphatic heterocycles. The molecule has 0 atom stereocenters. The topological polar surface area (TPSA) is 124 Å². The SMILES string of the molecule is CCc1c(C(=O)C(N)=O)c2c(OCC(=O)O)cc(C)nn2c1Cc1ccccc1-c1ccccc1. The van der Waals surface area contributed by atoms with E-state index in [1.807, 2.05) is 61.5 Å². The van der Waals surface area contributed by atoms with Crippen molar-refractivity contribution in [3.05, 3.63) is 88.7 Å². The number of amides is 1. The molecule has 0 saturated carbocycles. The van der Waals surface area contributed by atoms with Gasteiger partial charge < -0.3 is 15.6 Å². The molecule has 4 rings (SSSR count). The third kappa shape index (κ3) is 4.63. The van der Waals surface area contributed by atoms with Crippen LogP contribution >= 0.6 is 0 Å². The molecule has 178 valence electrons. The molecule has 35 heavy (non-hydrogen) atoms. The van der Waals surface area contributed by atoms with Gasteiger partial charge in [0, 0.05) is 12.5 Å². The number of aryl methyl sites for hydroxylation is 1. The second kappa shape index (κ2) is 9.80. The smallest absolute Gasteiger partial charge is 0.341 e. The van der Waals surface area contributed by atoms with Crippen LogP contribution in [0.2, 0.25) is 0 Å². The summed E-state index contributed by atoms with van der Waals surface area (Å²) < 4.78 is 7.11. The van der Waals surface area contributed by atoms with E-state index in [4.69, 9.17) is 15.6 Å². The number of carboxylic acid groups (broad SMARTS) is 1. The molecule has 3 N–H and O–H groups in total. The second-order valence-corrected chi connectivity index (χ2v) is 8.14. The zero-order valence-corrected chi connectivity index (χ0v) is 19.4. The highest BCUT2D eigenvalue weighted by atomic mass is 16.5. The Balaban J connectivity index is 1.98. The largest absolute Gasteiger partial charge is 0.480 e. The number of nitrogens with two attached hydrogens (primary N) is 1. The van der Waals surface area contributed by atoms with E-state index >= 15 is 0 Å². The van der Waals surface area contributed by atoms with Crippen LogP contribution in [0.25, 0.3) is 16.6 Å². The number of aromatic nitrogens is 2. The van der Waals surface area contributed by atoms with Crippen LogP contribution in [0.1, 0.15) is 39.8 Å². The lowest BCUT2D eigenvalue weighted by Gasteiger charge is -2.12. The van der Waals surface area contributed by atoms with Crippen LogP contribution in [-0.2, 0) is 22.4 Å². The van der Waals surface area contributed by atoms with E-state index in [-0.39, 0.29) is 16.8 Å². The number of nitrogens with zero attached hydrogens (tertiary/aromatic N) is 2. The molecule has 0 unspecified atom stereocenters. The monoisotopic (exact) mass is 471 g/mol. The Morgan fingerprint density at radius 1 is 1.06 bits per heavy atom. The van der Waals surface area contributed by atoms with Crippen LogP contribution < -0.4 is 10.5 Å². The predicted molar refractivity (Wildman–Crippen MR) is 131 cm³/mol. The lowest BCUT2D eigenvalue weighted by Crippen LogP contribution is -2.24. The summed E-state index contributed by atoms with van der Waals surface area (Å²) in [5, 5.41) is 13.8. The average molecular weight is 472 g/mol. The Morgan fingerprint density at radius 3 is 2.40 bits per heavy atom. The zero-order valence-electron chi connectivity index (χ0n) is 19.4. The number of carboxylic acids is 1. The lowest BCUT2D eigenvalue weighted by atomic mass is 9.94. The Labute approximate surface area is 202 Å². The summed E-state index contributed by atoms with van der Waals surface area (Å²) in [6.07, 6.45) is 0.842. The van der Waals surface area contributed by atoms with Crippen molar-refractivity contribution in [1.82, 2.24) is 9.61 Å². The first-order valence-electron chi connectivity index (χ1n) is 11.2. The molecular weight excluding hydrogens is 446 g/mol. The van der Waals surface area contributed by atoms with Crippen molar-refractivity contribution >= 4 is 23.2 Å². The summed E-state index contributed by atoms with van der Waals surface area (Å²) in [4.78, 5) is 36.1. The minimum absolute atomic E-state index is 0.0973. The van der Waals surface area contributed by atoms with Gasteiger partial charge in [-0.2, -0.15) is 5.10 Å². The van der Waals surface area contributed by atoms with Gasteiger partial charge in [0.15, 0.2) is 6.61 Å². The number of primary amides is 1. The summed E-state index contributed by atoms with van der Waals surface area (Å²) in [5.41, 5.74) is 10.7. The van der Waals surface area contributed by atoms with Crippen molar-refractivity contribution in [3.8, 4) is 16.9 Å². The lowest BCUT2D eigenvalue weighted by molar-refractivity contribution is -0.139. The fourth-order valence-electron chi connectivity index (χ4n) is 4.37. The Bertz CT molecular complexity index is 1440. The van der Waals surface area contributed by atoms with Crippen LogP contribution in [0.15, 0.2) is 60.7 Å². The normalized spacial score (nSPS) is 10.9. The molecule has 4 aromatic rings. The number of carbonyl (C=O) groups excluding carboxylic acids is 2. The van der Waals surface area contributed by atoms with Gasteiger partial charge in [-0.25, -0.2) is 9.31 Å². The molecule has 1 amide bonds. The standard InChI is InChI=1S/C27H25N3O5/c1-3-19-21(14-18-11-7-8-12-20(18)17-9-5-4-6-10-17)30-25(24(19)26(33)27(28)34)22(13-16(2)29-30)35-15-23(31)32/h4-13H,3,14-15H2,1-2H3,(H2,28,34)(H,31,32). The van der Waals surface area contributed by atoms with Gasteiger partial charge in [0.2, 0.25) is 0 Å². The number of hydrogen-bond donors (Lipinski definition) is 2. The number of fused-ring (bicyclic) bond motifs is 1. The number of hydrogen-bond acceptors (Lipinski definition) is 5. The maximum absolute atomic E-state index is 13.0. The van der Waals surface area contributed by atoms with Crippen molar-refractivity contribution in [2.75, 3.05) is 6.61 Å². The number of benzene rings is 2. The maximum Gasteiger partial charge on any atom is 0.341 e. The molecule has 8 nitrogen and oxygen atoms in total. The van der Waals surface area contributed by atoms with Gasteiger partial charge in [-0.05, 0) is 35.6 Å². The van der Waals surface area contributed by atoms with Crippen molar-refractivity contribution < 1.29 is 24.2 Å². The number of ketones is 1. The van der Waals surface area contributed by atoms with E-state index in [1.54, 1.807) is 17.5 Å². The van der Waals surface area contributed by atoms with E-state index in [2.05, 4.69) is 5.10 Å². The van der Waals surface area contributed by atoms with Crippen molar-refractivity contribution in [1.29, 1.82) is 0 Å². The molecule has 0 spiro atoms. The first kappa shape index (κ1) is 23.7. The van der Waals surface area contributed by atoms with Crippen LogP contribution in [0.4, 0.5) is 0 Å². The molecule has 0 radical (unpaired) electrons. The molecule has 0 saturated heterocycles. The maximum atomic E-state index is 13.0. The van der Waals surface area contributed by atoms with Crippen molar-refractivity contribution in [2.24, 2.45) is 5.73 Å². The van der Waals surface area contributed by atoms with Crippen molar-refractivity contribution in [3.63, 3.8) is 0 Å². The van der Waals surface area contributed by atoms with E-state index in [1.165, 1.54) is 0 Å². The molecule has 8 heteroatoms. The molecular formula is C27H25N3O5. The van der Waals surface area contributed by atoms with Crippen LogP contribution in [0.5, 0.6) is 5.75 Å². The minimum Gasteiger partial charge on any atom is -0.480 e. The van der Waals surface area contributed by atoms with Crippen LogP contribution in [-0.4, -0.2) is 39.0 Å². The quantitative estimate of drug-likeness (QED) is 0.284. The third-order valence-corrected chi connectivity index (χ3v) is 5.80. The molecule has 0 fully saturated rings. The molecule has 0 bridgehead atoms. The highest BCUT2D eigenvalue weighted by molar-refractivity contribution is 6.44.